The van der Waals surface area contributed by atoms with Crippen LogP contribution in [-0.2, 0) is 6.54 Å². The van der Waals surface area contributed by atoms with E-state index < -0.39 is 22.8 Å². The Morgan fingerprint density at radius 3 is 2.69 bits per heavy atom. The van der Waals surface area contributed by atoms with Crippen molar-refractivity contribution in [1.29, 1.82) is 5.26 Å². The van der Waals surface area contributed by atoms with Gasteiger partial charge in [0.2, 0.25) is 11.3 Å². The number of rotatable bonds is 5. The summed E-state index contributed by atoms with van der Waals surface area (Å²) in [5.41, 5.74) is -0.697. The first-order valence-corrected chi connectivity index (χ1v) is 8.73. The van der Waals surface area contributed by atoms with Crippen molar-refractivity contribution in [3.05, 3.63) is 74.9 Å². The van der Waals surface area contributed by atoms with Gasteiger partial charge in [0.15, 0.2) is 5.75 Å². The number of ether oxygens (including phenoxy) is 1. The number of pyridine rings is 2. The van der Waals surface area contributed by atoms with E-state index in [2.05, 4.69) is 4.98 Å². The molecule has 2 heterocycles. The SMILES string of the molecule is CCn1c(Oc2cncc(F)c2)cc(=O)c(C(=O)O)c1-c1ccc(C#N)c(Cl)c1. The number of carboxylic acids is 1. The first-order chi connectivity index (χ1) is 13.8. The standard InChI is InChI=1S/C20H13ClFN3O4/c1-2-25-17(29-14-6-13(22)9-24-10-14)7-16(26)18(20(27)28)19(25)11-3-4-12(8-23)15(21)5-11/h3-7,9-10H,2H2,1H3,(H,27,28). The van der Waals surface area contributed by atoms with E-state index in [-0.39, 0.29) is 34.5 Å². The van der Waals surface area contributed by atoms with Crippen molar-refractivity contribution in [3.8, 4) is 29.0 Å². The van der Waals surface area contributed by atoms with Gasteiger partial charge in [0.25, 0.3) is 0 Å². The van der Waals surface area contributed by atoms with Crippen LogP contribution in [0.1, 0.15) is 22.8 Å². The minimum absolute atomic E-state index is 0.00498. The first-order valence-electron chi connectivity index (χ1n) is 8.35. The maximum Gasteiger partial charge on any atom is 0.341 e. The van der Waals surface area contributed by atoms with Gasteiger partial charge >= 0.3 is 5.97 Å². The van der Waals surface area contributed by atoms with Gasteiger partial charge < -0.3 is 14.4 Å². The molecule has 0 aliphatic carbocycles. The second kappa shape index (κ2) is 8.12. The van der Waals surface area contributed by atoms with Crippen LogP contribution in [0.2, 0.25) is 5.02 Å². The van der Waals surface area contributed by atoms with Gasteiger partial charge in [0.1, 0.15) is 17.4 Å². The van der Waals surface area contributed by atoms with Crippen molar-refractivity contribution >= 4 is 17.6 Å². The molecule has 29 heavy (non-hydrogen) atoms. The molecule has 0 aliphatic heterocycles. The molecule has 0 saturated heterocycles. The molecule has 1 aromatic carbocycles. The van der Waals surface area contributed by atoms with Crippen molar-refractivity contribution < 1.29 is 19.0 Å². The number of halogens is 2. The van der Waals surface area contributed by atoms with E-state index in [9.17, 15) is 19.1 Å². The van der Waals surface area contributed by atoms with Gasteiger partial charge in [-0.3, -0.25) is 9.78 Å². The van der Waals surface area contributed by atoms with E-state index in [0.717, 1.165) is 18.3 Å². The van der Waals surface area contributed by atoms with Gasteiger partial charge in [-0.25, -0.2) is 9.18 Å². The van der Waals surface area contributed by atoms with Crippen LogP contribution < -0.4 is 10.2 Å². The smallest absolute Gasteiger partial charge is 0.341 e. The lowest BCUT2D eigenvalue weighted by Gasteiger charge is -2.19. The molecule has 3 aromatic rings. The molecule has 0 radical (unpaired) electrons. The summed E-state index contributed by atoms with van der Waals surface area (Å²) in [5.74, 6) is -2.01. The Morgan fingerprint density at radius 2 is 2.10 bits per heavy atom. The number of hydrogen-bond acceptors (Lipinski definition) is 5. The molecule has 0 spiro atoms. The molecular formula is C20H13ClFN3O4. The van der Waals surface area contributed by atoms with Crippen LogP contribution in [0.3, 0.4) is 0 Å². The van der Waals surface area contributed by atoms with Gasteiger partial charge in [0.05, 0.1) is 28.7 Å². The summed E-state index contributed by atoms with van der Waals surface area (Å²) in [6, 6.07) is 8.34. The van der Waals surface area contributed by atoms with Crippen molar-refractivity contribution in [1.82, 2.24) is 9.55 Å². The van der Waals surface area contributed by atoms with E-state index >= 15 is 0 Å². The van der Waals surface area contributed by atoms with Crippen LogP contribution in [0.25, 0.3) is 11.3 Å². The normalized spacial score (nSPS) is 10.4. The van der Waals surface area contributed by atoms with Crippen molar-refractivity contribution in [3.63, 3.8) is 0 Å². The number of hydrogen-bond donors (Lipinski definition) is 1. The third-order valence-electron chi connectivity index (χ3n) is 4.07. The Bertz CT molecular complexity index is 1220. The van der Waals surface area contributed by atoms with E-state index in [1.807, 2.05) is 6.07 Å². The molecule has 0 bridgehead atoms. The minimum atomic E-state index is -1.42. The minimum Gasteiger partial charge on any atom is -0.477 e. The Kier molecular flexibility index (Phi) is 5.61. The number of aromatic nitrogens is 2. The molecule has 0 fully saturated rings. The van der Waals surface area contributed by atoms with Gasteiger partial charge in [0, 0.05) is 24.2 Å². The highest BCUT2D eigenvalue weighted by Crippen LogP contribution is 2.31. The summed E-state index contributed by atoms with van der Waals surface area (Å²) < 4.78 is 20.5. The third kappa shape index (κ3) is 3.95. The number of nitrogens with zero attached hydrogens (tertiary/aromatic N) is 3. The molecule has 7 nitrogen and oxygen atoms in total. The van der Waals surface area contributed by atoms with Gasteiger partial charge in [-0.05, 0) is 19.1 Å². The van der Waals surface area contributed by atoms with Crippen molar-refractivity contribution in [2.75, 3.05) is 0 Å². The van der Waals surface area contributed by atoms with Gasteiger partial charge in [-0.1, -0.05) is 17.7 Å². The maximum atomic E-state index is 13.4. The zero-order valence-corrected chi connectivity index (χ0v) is 15.8. The fourth-order valence-corrected chi connectivity index (χ4v) is 3.07. The summed E-state index contributed by atoms with van der Waals surface area (Å²) in [6.07, 6.45) is 2.26. The summed E-state index contributed by atoms with van der Waals surface area (Å²) in [4.78, 5) is 28.1. The summed E-state index contributed by atoms with van der Waals surface area (Å²) in [7, 11) is 0. The van der Waals surface area contributed by atoms with Crippen molar-refractivity contribution in [2.24, 2.45) is 0 Å². The summed E-state index contributed by atoms with van der Waals surface area (Å²) >= 11 is 6.10. The molecule has 9 heteroatoms. The van der Waals surface area contributed by atoms with Crippen LogP contribution in [-0.4, -0.2) is 20.6 Å². The van der Waals surface area contributed by atoms with Gasteiger partial charge in [-0.15, -0.1) is 0 Å². The van der Waals surface area contributed by atoms with Crippen LogP contribution in [0.5, 0.6) is 11.6 Å². The van der Waals surface area contributed by atoms with Crippen LogP contribution in [0.4, 0.5) is 4.39 Å². The van der Waals surface area contributed by atoms with Crippen LogP contribution in [0.15, 0.2) is 47.5 Å². The molecule has 2 aromatic heterocycles. The Labute approximate surface area is 169 Å². The summed E-state index contributed by atoms with van der Waals surface area (Å²) in [5, 5.41) is 18.8. The highest BCUT2D eigenvalue weighted by atomic mass is 35.5. The lowest BCUT2D eigenvalue weighted by Crippen LogP contribution is -2.21. The average Bonchev–Trinajstić information content (AvgIpc) is 2.67. The van der Waals surface area contributed by atoms with Crippen LogP contribution >= 0.6 is 11.6 Å². The lowest BCUT2D eigenvalue weighted by atomic mass is 10.0. The third-order valence-corrected chi connectivity index (χ3v) is 4.38. The number of benzene rings is 1. The maximum absolute atomic E-state index is 13.4. The topological polar surface area (TPSA) is 105 Å². The fraction of sp³-hybridized carbons (Fsp3) is 0.100. The molecular weight excluding hydrogens is 401 g/mol. The second-order valence-corrected chi connectivity index (χ2v) is 6.27. The molecule has 0 saturated carbocycles. The first kappa shape index (κ1) is 20.0. The largest absolute Gasteiger partial charge is 0.477 e. The van der Waals surface area contributed by atoms with Crippen LogP contribution in [0, 0.1) is 17.1 Å². The zero-order valence-electron chi connectivity index (χ0n) is 15.0. The van der Waals surface area contributed by atoms with E-state index in [1.54, 1.807) is 6.92 Å². The molecule has 3 rings (SSSR count). The number of aromatic carboxylic acids is 1. The average molecular weight is 414 g/mol. The van der Waals surface area contributed by atoms with Gasteiger partial charge in [-0.2, -0.15) is 5.26 Å². The number of nitriles is 1. The predicted octanol–water partition coefficient (Wildman–Crippen LogP) is 4.08. The highest BCUT2D eigenvalue weighted by Gasteiger charge is 2.23. The zero-order chi connectivity index (χ0) is 21.1. The lowest BCUT2D eigenvalue weighted by molar-refractivity contribution is 0.0695. The molecule has 0 amide bonds. The molecule has 0 atom stereocenters. The van der Waals surface area contributed by atoms with E-state index in [4.69, 9.17) is 21.6 Å². The predicted molar refractivity (Wildman–Crippen MR) is 103 cm³/mol. The second-order valence-electron chi connectivity index (χ2n) is 5.87. The molecule has 0 aliphatic rings. The Morgan fingerprint density at radius 1 is 1.34 bits per heavy atom. The van der Waals surface area contributed by atoms with Crippen molar-refractivity contribution in [2.45, 2.75) is 13.5 Å². The number of carboxylic acid groups (broad SMARTS) is 1. The van der Waals surface area contributed by atoms with E-state index in [0.29, 0.717) is 5.56 Å². The highest BCUT2D eigenvalue weighted by molar-refractivity contribution is 6.32. The summed E-state index contributed by atoms with van der Waals surface area (Å²) in [6.45, 7) is 1.95. The molecule has 0 unspecified atom stereocenters. The number of carbonyl (C=O) groups is 1. The quantitative estimate of drug-likeness (QED) is 0.675. The van der Waals surface area contributed by atoms with E-state index in [1.165, 1.54) is 29.0 Å². The molecule has 146 valence electrons. The Balaban J connectivity index is 2.29. The molecule has 1 N–H and O–H groups in total. The Hall–Kier alpha value is -3.70. The monoisotopic (exact) mass is 413 g/mol. The fourth-order valence-electron chi connectivity index (χ4n) is 2.85.